The fraction of sp³-hybridized carbons (Fsp3) is 0.750. The van der Waals surface area contributed by atoms with Gasteiger partial charge < -0.3 is 0 Å². The summed E-state index contributed by atoms with van der Waals surface area (Å²) in [6.45, 7) is 2.10. The van der Waals surface area contributed by atoms with E-state index in [1.54, 1.807) is 0 Å². The van der Waals surface area contributed by atoms with Crippen LogP contribution >= 0.6 is 0 Å². The lowest BCUT2D eigenvalue weighted by Crippen LogP contribution is -2.30. The van der Waals surface area contributed by atoms with E-state index in [2.05, 4.69) is 22.5 Å². The summed E-state index contributed by atoms with van der Waals surface area (Å²) in [6, 6.07) is 0.212. The molecule has 2 aliphatic rings. The maximum absolute atomic E-state index is 11.0. The monoisotopic (exact) mass is 237 g/mol. The van der Waals surface area contributed by atoms with Crippen molar-refractivity contribution in [1.82, 2.24) is 10.6 Å². The zero-order valence-electron chi connectivity index (χ0n) is 10.2. The molecule has 1 aliphatic heterocycles. The summed E-state index contributed by atoms with van der Waals surface area (Å²) in [6.07, 6.45) is 7.21. The largest absolute Gasteiger partial charge is 0.316 e. The van der Waals surface area contributed by atoms with E-state index in [1.807, 2.05) is 0 Å². The molecule has 1 unspecified atom stereocenters. The van der Waals surface area contributed by atoms with Crippen molar-refractivity contribution in [2.24, 2.45) is 10.9 Å². The molecule has 2 amide bonds. The lowest BCUT2D eigenvalue weighted by atomic mass is 9.83. The fourth-order valence-corrected chi connectivity index (χ4v) is 2.64. The number of hydrogen-bond acceptors (Lipinski definition) is 3. The predicted molar refractivity (Wildman–Crippen MR) is 64.4 cm³/mol. The maximum Gasteiger partial charge on any atom is 0.316 e. The van der Waals surface area contributed by atoms with Crippen LogP contribution in [0.2, 0.25) is 0 Å². The van der Waals surface area contributed by atoms with Gasteiger partial charge in [0, 0.05) is 0 Å². The van der Waals surface area contributed by atoms with E-state index >= 15 is 0 Å². The Bertz CT molecular complexity index is 328. The van der Waals surface area contributed by atoms with Crippen LogP contribution in [-0.2, 0) is 9.59 Å². The minimum atomic E-state index is -0.609. The zero-order chi connectivity index (χ0) is 12.3. The average Bonchev–Trinajstić information content (AvgIpc) is 2.67. The Hall–Kier alpha value is -1.39. The topological polar surface area (TPSA) is 70.6 Å². The third kappa shape index (κ3) is 2.84. The van der Waals surface area contributed by atoms with E-state index in [0.717, 1.165) is 6.42 Å². The lowest BCUT2D eigenvalue weighted by Gasteiger charge is -2.27. The predicted octanol–water partition coefficient (Wildman–Crippen LogP) is 0.947. The van der Waals surface area contributed by atoms with Crippen molar-refractivity contribution >= 4 is 17.8 Å². The van der Waals surface area contributed by atoms with Gasteiger partial charge in [-0.05, 0) is 25.2 Å². The molecule has 5 nitrogen and oxygen atoms in total. The summed E-state index contributed by atoms with van der Waals surface area (Å²) in [5, 5.41) is 4.92. The summed E-state index contributed by atoms with van der Waals surface area (Å²) in [5.41, 5.74) is 0. The highest BCUT2D eigenvalue weighted by molar-refractivity contribution is 6.45. The number of nitrogens with zero attached hydrogens (tertiary/aromatic N) is 1. The summed E-state index contributed by atoms with van der Waals surface area (Å²) >= 11 is 0. The van der Waals surface area contributed by atoms with Gasteiger partial charge in [-0.2, -0.15) is 0 Å². The Labute approximate surface area is 101 Å². The molecule has 1 aliphatic carbocycles. The molecule has 94 valence electrons. The van der Waals surface area contributed by atoms with Crippen LogP contribution in [0.15, 0.2) is 4.99 Å². The molecule has 1 saturated heterocycles. The first-order chi connectivity index (χ1) is 8.20. The molecule has 1 heterocycles. The molecule has 0 bridgehead atoms. The summed E-state index contributed by atoms with van der Waals surface area (Å²) in [7, 11) is 0. The first-order valence-electron chi connectivity index (χ1n) is 6.41. The van der Waals surface area contributed by atoms with E-state index < -0.39 is 11.8 Å². The number of hydrogen-bond donors (Lipinski definition) is 2. The third-order valence-corrected chi connectivity index (χ3v) is 3.58. The van der Waals surface area contributed by atoms with Crippen molar-refractivity contribution in [3.05, 3.63) is 0 Å². The average molecular weight is 237 g/mol. The number of rotatable bonds is 3. The van der Waals surface area contributed by atoms with Gasteiger partial charge >= 0.3 is 11.8 Å². The molecule has 0 radical (unpaired) electrons. The summed E-state index contributed by atoms with van der Waals surface area (Å²) in [4.78, 5) is 26.5. The molecule has 2 N–H and O–H groups in total. The number of nitrogens with one attached hydrogen (secondary N) is 2. The molecule has 1 atom stereocenters. The third-order valence-electron chi connectivity index (χ3n) is 3.58. The van der Waals surface area contributed by atoms with Crippen LogP contribution in [-0.4, -0.2) is 23.8 Å². The van der Waals surface area contributed by atoms with Gasteiger partial charge in [0.15, 0.2) is 0 Å². The van der Waals surface area contributed by atoms with E-state index in [0.29, 0.717) is 11.9 Å². The van der Waals surface area contributed by atoms with Crippen LogP contribution in [0.5, 0.6) is 0 Å². The van der Waals surface area contributed by atoms with Crippen LogP contribution in [0.1, 0.15) is 45.4 Å². The van der Waals surface area contributed by atoms with Crippen LogP contribution < -0.4 is 10.6 Å². The van der Waals surface area contributed by atoms with Crippen molar-refractivity contribution in [3.8, 4) is 0 Å². The smallest absolute Gasteiger partial charge is 0.288 e. The van der Waals surface area contributed by atoms with Crippen LogP contribution in [0.25, 0.3) is 0 Å². The Kier molecular flexibility index (Phi) is 3.76. The van der Waals surface area contributed by atoms with E-state index in [4.69, 9.17) is 0 Å². The van der Waals surface area contributed by atoms with Gasteiger partial charge in [0.2, 0.25) is 5.96 Å². The minimum absolute atomic E-state index is 0.212. The lowest BCUT2D eigenvalue weighted by molar-refractivity contribution is -0.135. The number of aliphatic imine (C=N–C) groups is 1. The molecule has 2 rings (SSSR count). The second-order valence-electron chi connectivity index (χ2n) is 4.76. The van der Waals surface area contributed by atoms with Gasteiger partial charge in [-0.15, -0.1) is 0 Å². The van der Waals surface area contributed by atoms with Crippen molar-refractivity contribution in [1.29, 1.82) is 0 Å². The van der Waals surface area contributed by atoms with Crippen molar-refractivity contribution in [2.45, 2.75) is 51.5 Å². The van der Waals surface area contributed by atoms with Gasteiger partial charge in [0.1, 0.15) is 0 Å². The van der Waals surface area contributed by atoms with Crippen LogP contribution in [0, 0.1) is 5.92 Å². The van der Waals surface area contributed by atoms with E-state index in [1.165, 1.54) is 32.1 Å². The van der Waals surface area contributed by atoms with Gasteiger partial charge in [-0.1, -0.05) is 26.2 Å². The van der Waals surface area contributed by atoms with Crippen molar-refractivity contribution in [2.75, 3.05) is 0 Å². The fourth-order valence-electron chi connectivity index (χ4n) is 2.64. The standard InChI is InChI=1S/C12H19N3O2/c1-2-9(8-6-4-3-5-7-8)13-12-14-10(16)11(17)15-12/h8-9H,2-7H2,1H3,(H2,13,14,15,16,17). The normalized spacial score (nSPS) is 23.2. The highest BCUT2D eigenvalue weighted by atomic mass is 16.2. The molecule has 1 saturated carbocycles. The summed E-state index contributed by atoms with van der Waals surface area (Å²) in [5.74, 6) is -0.294. The van der Waals surface area contributed by atoms with Crippen molar-refractivity contribution in [3.63, 3.8) is 0 Å². The van der Waals surface area contributed by atoms with Gasteiger partial charge in [0.05, 0.1) is 6.04 Å². The first-order valence-corrected chi connectivity index (χ1v) is 6.41. The number of carbonyl (C=O) groups is 2. The van der Waals surface area contributed by atoms with Crippen molar-refractivity contribution < 1.29 is 9.59 Å². The minimum Gasteiger partial charge on any atom is -0.288 e. The Morgan fingerprint density at radius 1 is 1.18 bits per heavy atom. The number of guanidine groups is 1. The first kappa shape index (κ1) is 12.1. The Morgan fingerprint density at radius 3 is 2.29 bits per heavy atom. The molecule has 0 aromatic rings. The zero-order valence-corrected chi connectivity index (χ0v) is 10.2. The van der Waals surface area contributed by atoms with Crippen LogP contribution in [0.4, 0.5) is 0 Å². The molecular formula is C12H19N3O2. The molecule has 0 aromatic carbocycles. The molecule has 2 fully saturated rings. The Morgan fingerprint density at radius 2 is 1.76 bits per heavy atom. The highest BCUT2D eigenvalue weighted by Gasteiger charge is 2.28. The molecule has 17 heavy (non-hydrogen) atoms. The molecule has 0 spiro atoms. The molecule has 0 aromatic heterocycles. The van der Waals surface area contributed by atoms with E-state index in [-0.39, 0.29) is 6.04 Å². The van der Waals surface area contributed by atoms with Gasteiger partial charge in [-0.3, -0.25) is 20.2 Å². The van der Waals surface area contributed by atoms with Crippen LogP contribution in [0.3, 0.4) is 0 Å². The Balaban J connectivity index is 2.01. The van der Waals surface area contributed by atoms with Gasteiger partial charge in [-0.25, -0.2) is 4.99 Å². The molecule has 5 heteroatoms. The highest BCUT2D eigenvalue weighted by Crippen LogP contribution is 2.29. The molecular weight excluding hydrogens is 218 g/mol. The summed E-state index contributed by atoms with van der Waals surface area (Å²) < 4.78 is 0. The SMILES string of the molecule is CCC(N=C1NC(=O)C(=O)N1)C1CCCCC1. The number of carbonyl (C=O) groups excluding carboxylic acids is 2. The number of amides is 2. The maximum atomic E-state index is 11.0. The van der Waals surface area contributed by atoms with Gasteiger partial charge in [0.25, 0.3) is 0 Å². The van der Waals surface area contributed by atoms with E-state index in [9.17, 15) is 9.59 Å². The second-order valence-corrected chi connectivity index (χ2v) is 4.76. The second kappa shape index (κ2) is 5.29. The quantitative estimate of drug-likeness (QED) is 0.717.